The van der Waals surface area contributed by atoms with Gasteiger partial charge in [-0.15, -0.1) is 0 Å². The van der Waals surface area contributed by atoms with Gasteiger partial charge in [-0.2, -0.15) is 0 Å². The van der Waals surface area contributed by atoms with Crippen molar-refractivity contribution in [1.82, 2.24) is 0 Å². The minimum absolute atomic E-state index is 0.271. The molecule has 0 heterocycles. The van der Waals surface area contributed by atoms with Crippen LogP contribution in [-0.2, 0) is 0 Å². The van der Waals surface area contributed by atoms with Gasteiger partial charge in [-0.05, 0) is 72.2 Å². The molecule has 0 saturated heterocycles. The lowest BCUT2D eigenvalue weighted by Gasteiger charge is -2.21. The van der Waals surface area contributed by atoms with Gasteiger partial charge in [0, 0.05) is 28.9 Å². The highest BCUT2D eigenvalue weighted by Gasteiger charge is 2.11. The molecule has 0 unspecified atom stereocenters. The summed E-state index contributed by atoms with van der Waals surface area (Å²) in [6, 6.07) is 11.7. The fraction of sp³-hybridized carbons (Fsp3) is 0.235. The van der Waals surface area contributed by atoms with Crippen LogP contribution in [0.1, 0.15) is 24.2 Å². The van der Waals surface area contributed by atoms with E-state index in [1.807, 2.05) is 24.3 Å². The maximum absolute atomic E-state index is 13.3. The van der Waals surface area contributed by atoms with Crippen molar-refractivity contribution in [3.8, 4) is 0 Å². The Morgan fingerprint density at radius 1 is 1.14 bits per heavy atom. The first-order chi connectivity index (χ1) is 10.5. The maximum Gasteiger partial charge on any atom is 0.256 e. The molecule has 2 rings (SSSR count). The fourth-order valence-corrected chi connectivity index (χ4v) is 2.64. The Bertz CT molecular complexity index is 654. The number of hydrogen-bond acceptors (Lipinski definition) is 2. The third-order valence-electron chi connectivity index (χ3n) is 3.43. The van der Waals surface area contributed by atoms with Gasteiger partial charge in [0.1, 0.15) is 5.82 Å². The van der Waals surface area contributed by atoms with E-state index in [-0.39, 0.29) is 11.5 Å². The lowest BCUT2D eigenvalue weighted by Crippen LogP contribution is -2.21. The maximum atomic E-state index is 13.3. The average Bonchev–Trinajstić information content (AvgIpc) is 2.52. The summed E-state index contributed by atoms with van der Waals surface area (Å²) in [5.41, 5.74) is 2.06. The lowest BCUT2D eigenvalue weighted by atomic mass is 10.2. The lowest BCUT2D eigenvalue weighted by molar-refractivity contribution is 0.102. The molecule has 0 aliphatic rings. The molecule has 0 spiro atoms. The van der Waals surface area contributed by atoms with Crippen molar-refractivity contribution in [2.45, 2.75) is 13.8 Å². The number of carbonyl (C=O) groups is 1. The second kappa shape index (κ2) is 7.40. The van der Waals surface area contributed by atoms with Crippen molar-refractivity contribution in [2.75, 3.05) is 23.3 Å². The van der Waals surface area contributed by atoms with E-state index in [2.05, 4.69) is 40.0 Å². The molecule has 116 valence electrons. The highest BCUT2D eigenvalue weighted by atomic mass is 79.9. The highest BCUT2D eigenvalue weighted by molar-refractivity contribution is 9.10. The summed E-state index contributed by atoms with van der Waals surface area (Å²) in [5, 5.41) is 2.77. The molecule has 0 aliphatic heterocycles. The number of amides is 1. The minimum atomic E-state index is -0.440. The van der Waals surface area contributed by atoms with Crippen LogP contribution in [0.2, 0.25) is 0 Å². The molecule has 0 atom stereocenters. The predicted octanol–water partition coefficient (Wildman–Crippen LogP) is 4.69. The van der Waals surface area contributed by atoms with Crippen molar-refractivity contribution in [3.05, 3.63) is 58.3 Å². The van der Waals surface area contributed by atoms with E-state index < -0.39 is 5.82 Å². The van der Waals surface area contributed by atoms with Crippen molar-refractivity contribution in [3.63, 3.8) is 0 Å². The molecule has 2 aromatic carbocycles. The van der Waals surface area contributed by atoms with Gasteiger partial charge < -0.3 is 10.2 Å². The zero-order chi connectivity index (χ0) is 16.1. The second-order valence-electron chi connectivity index (χ2n) is 4.80. The summed E-state index contributed by atoms with van der Waals surface area (Å²) in [6.07, 6.45) is 0. The van der Waals surface area contributed by atoms with E-state index in [1.165, 1.54) is 18.2 Å². The SMILES string of the molecule is CCN(CC)c1ccc(NC(=O)c2cc(F)ccc2Br)cc1. The fourth-order valence-electron chi connectivity index (χ4n) is 2.21. The van der Waals surface area contributed by atoms with Gasteiger partial charge in [-0.3, -0.25) is 4.79 Å². The van der Waals surface area contributed by atoms with Crippen LogP contribution < -0.4 is 10.2 Å². The van der Waals surface area contributed by atoms with Crippen molar-refractivity contribution in [2.24, 2.45) is 0 Å². The Hall–Kier alpha value is -1.88. The minimum Gasteiger partial charge on any atom is -0.372 e. The molecule has 0 fully saturated rings. The molecule has 2 aromatic rings. The first-order valence-electron chi connectivity index (χ1n) is 7.16. The van der Waals surface area contributed by atoms with Gasteiger partial charge in [0.15, 0.2) is 0 Å². The van der Waals surface area contributed by atoms with Crippen LogP contribution in [0.5, 0.6) is 0 Å². The molecule has 0 aliphatic carbocycles. The Labute approximate surface area is 138 Å². The van der Waals surface area contributed by atoms with Gasteiger partial charge in [-0.25, -0.2) is 4.39 Å². The topological polar surface area (TPSA) is 32.3 Å². The summed E-state index contributed by atoms with van der Waals surface area (Å²) in [7, 11) is 0. The second-order valence-corrected chi connectivity index (χ2v) is 5.65. The van der Waals surface area contributed by atoms with Crippen LogP contribution in [0, 0.1) is 5.82 Å². The van der Waals surface area contributed by atoms with Gasteiger partial charge in [-0.1, -0.05) is 0 Å². The number of rotatable bonds is 5. The first kappa shape index (κ1) is 16.5. The molecule has 1 amide bonds. The highest BCUT2D eigenvalue weighted by Crippen LogP contribution is 2.21. The third kappa shape index (κ3) is 3.85. The molecule has 0 radical (unpaired) electrons. The van der Waals surface area contributed by atoms with Gasteiger partial charge >= 0.3 is 0 Å². The van der Waals surface area contributed by atoms with Crippen LogP contribution in [0.3, 0.4) is 0 Å². The molecule has 0 aromatic heterocycles. The molecule has 22 heavy (non-hydrogen) atoms. The molecule has 0 bridgehead atoms. The van der Waals surface area contributed by atoms with E-state index in [9.17, 15) is 9.18 Å². The summed E-state index contributed by atoms with van der Waals surface area (Å²) in [5.74, 6) is -0.785. The van der Waals surface area contributed by atoms with Gasteiger partial charge in [0.05, 0.1) is 5.56 Å². The van der Waals surface area contributed by atoms with Crippen LogP contribution in [-0.4, -0.2) is 19.0 Å². The van der Waals surface area contributed by atoms with E-state index >= 15 is 0 Å². The normalized spacial score (nSPS) is 10.4. The zero-order valence-corrected chi connectivity index (χ0v) is 14.2. The van der Waals surface area contributed by atoms with Crippen LogP contribution in [0.25, 0.3) is 0 Å². The number of nitrogens with one attached hydrogen (secondary N) is 1. The summed E-state index contributed by atoms with van der Waals surface area (Å²) >= 11 is 3.26. The number of halogens is 2. The number of nitrogens with zero attached hydrogens (tertiary/aromatic N) is 1. The van der Waals surface area contributed by atoms with Crippen LogP contribution >= 0.6 is 15.9 Å². The molecular formula is C17H18BrFN2O. The average molecular weight is 365 g/mol. The Kier molecular flexibility index (Phi) is 5.55. The number of anilines is 2. The van der Waals surface area contributed by atoms with Crippen LogP contribution in [0.15, 0.2) is 46.9 Å². The number of hydrogen-bond donors (Lipinski definition) is 1. The zero-order valence-electron chi connectivity index (χ0n) is 12.6. The molecule has 3 nitrogen and oxygen atoms in total. The van der Waals surface area contributed by atoms with Gasteiger partial charge in [0.25, 0.3) is 5.91 Å². The van der Waals surface area contributed by atoms with Crippen molar-refractivity contribution in [1.29, 1.82) is 0 Å². The Morgan fingerprint density at radius 2 is 1.77 bits per heavy atom. The smallest absolute Gasteiger partial charge is 0.256 e. The Balaban J connectivity index is 2.13. The molecule has 5 heteroatoms. The summed E-state index contributed by atoms with van der Waals surface area (Å²) in [6.45, 7) is 6.05. The molecule has 1 N–H and O–H groups in total. The van der Waals surface area contributed by atoms with E-state index in [0.717, 1.165) is 18.8 Å². The van der Waals surface area contributed by atoms with Gasteiger partial charge in [0.2, 0.25) is 0 Å². The largest absolute Gasteiger partial charge is 0.372 e. The van der Waals surface area contributed by atoms with Crippen molar-refractivity contribution < 1.29 is 9.18 Å². The molecular weight excluding hydrogens is 347 g/mol. The van der Waals surface area contributed by atoms with E-state index in [1.54, 1.807) is 0 Å². The number of benzene rings is 2. The van der Waals surface area contributed by atoms with E-state index in [0.29, 0.717) is 10.2 Å². The third-order valence-corrected chi connectivity index (χ3v) is 4.12. The summed E-state index contributed by atoms with van der Waals surface area (Å²) in [4.78, 5) is 14.4. The molecule has 0 saturated carbocycles. The quantitative estimate of drug-likeness (QED) is 0.834. The monoisotopic (exact) mass is 364 g/mol. The van der Waals surface area contributed by atoms with Crippen molar-refractivity contribution >= 4 is 33.2 Å². The number of carbonyl (C=O) groups excluding carboxylic acids is 1. The first-order valence-corrected chi connectivity index (χ1v) is 7.95. The Morgan fingerprint density at radius 3 is 2.36 bits per heavy atom. The predicted molar refractivity (Wildman–Crippen MR) is 92.1 cm³/mol. The standard InChI is InChI=1S/C17H18BrFN2O/c1-3-21(4-2)14-8-6-13(7-9-14)20-17(22)15-11-12(19)5-10-16(15)18/h5-11H,3-4H2,1-2H3,(H,20,22). The van der Waals surface area contributed by atoms with Crippen LogP contribution in [0.4, 0.5) is 15.8 Å². The van der Waals surface area contributed by atoms with E-state index in [4.69, 9.17) is 0 Å². The summed E-state index contributed by atoms with van der Waals surface area (Å²) < 4.78 is 13.8.